The average Bonchev–Trinajstić information content (AvgIpc) is 3.28. The molecule has 4 saturated carbocycles. The minimum Gasteiger partial charge on any atom is -1.00 e. The van der Waals surface area contributed by atoms with Gasteiger partial charge in [-0.15, -0.1) is 0 Å². The molecule has 0 spiro atoms. The molecule has 4 fully saturated rings. The predicted molar refractivity (Wildman–Crippen MR) is 167 cm³/mol. The summed E-state index contributed by atoms with van der Waals surface area (Å²) in [7, 11) is 4.06. The minimum atomic E-state index is -0.515. The molecule has 0 aromatic heterocycles. The second-order valence-corrected chi connectivity index (χ2v) is 17.2. The summed E-state index contributed by atoms with van der Waals surface area (Å²) in [6, 6.07) is 0. The molecule has 9 heteroatoms. The maximum Gasteiger partial charge on any atom is 0.315 e. The first-order valence-corrected chi connectivity index (χ1v) is 17.2. The van der Waals surface area contributed by atoms with Gasteiger partial charge in [-0.2, -0.15) is 0 Å². The number of carbonyl (C=O) groups excluding carboxylic acids is 2. The highest BCUT2D eigenvalue weighted by Crippen LogP contribution is 2.68. The molecule has 0 saturated heterocycles. The smallest absolute Gasteiger partial charge is 0.315 e. The standard InChI is InChI=1S/C35H62N2O6.ClH/c1-22(10-13-30(41)36-16-9-17-37(7,8)21-43-32(42)33(2,3)4)25-11-12-26-31-27(20-29(40)35(25,26)6)34(5)15-14-24(38)18-23(34)19-28(31)39;/h22-29,31,38-40H,9-21H2,1-8H3;1H/t22-,23?,24-,25-,26?,27?,28-,29+,31?,34+,35-;/m1./s1. The highest BCUT2D eigenvalue weighted by Gasteiger charge is 2.65. The van der Waals surface area contributed by atoms with Crippen LogP contribution in [0.5, 0.6) is 0 Å². The fraction of sp³-hybridized carbons (Fsp3) is 0.943. The molecule has 256 valence electrons. The van der Waals surface area contributed by atoms with Crippen molar-refractivity contribution in [3.8, 4) is 0 Å². The van der Waals surface area contributed by atoms with E-state index in [2.05, 4.69) is 26.1 Å². The Hall–Kier alpha value is -0.930. The minimum absolute atomic E-state index is 0. The van der Waals surface area contributed by atoms with Crippen LogP contribution in [-0.4, -0.2) is 83.9 Å². The Morgan fingerprint density at radius 1 is 1.02 bits per heavy atom. The van der Waals surface area contributed by atoms with E-state index in [9.17, 15) is 24.9 Å². The van der Waals surface area contributed by atoms with Crippen molar-refractivity contribution in [1.29, 1.82) is 0 Å². The third kappa shape index (κ3) is 7.61. The van der Waals surface area contributed by atoms with E-state index < -0.39 is 11.5 Å². The summed E-state index contributed by atoms with van der Waals surface area (Å²) >= 11 is 0. The van der Waals surface area contributed by atoms with E-state index in [1.54, 1.807) is 0 Å². The van der Waals surface area contributed by atoms with Gasteiger partial charge in [0.15, 0.2) is 0 Å². The van der Waals surface area contributed by atoms with Crippen molar-refractivity contribution in [1.82, 2.24) is 5.32 Å². The molecular weight excluding hydrogens is 580 g/mol. The zero-order valence-electron chi connectivity index (χ0n) is 28.8. The van der Waals surface area contributed by atoms with E-state index in [1.807, 2.05) is 34.9 Å². The number of aliphatic hydroxyl groups is 3. The van der Waals surface area contributed by atoms with Crippen LogP contribution in [0.1, 0.15) is 106 Å². The zero-order valence-corrected chi connectivity index (χ0v) is 29.5. The van der Waals surface area contributed by atoms with Crippen molar-refractivity contribution in [3.05, 3.63) is 0 Å². The van der Waals surface area contributed by atoms with Gasteiger partial charge < -0.3 is 37.8 Å². The molecule has 0 aromatic rings. The van der Waals surface area contributed by atoms with Crippen LogP contribution in [0.25, 0.3) is 0 Å². The third-order valence-electron chi connectivity index (χ3n) is 12.8. The first kappa shape index (κ1) is 37.5. The third-order valence-corrected chi connectivity index (χ3v) is 12.8. The van der Waals surface area contributed by atoms with E-state index in [0.717, 1.165) is 64.3 Å². The lowest BCUT2D eigenvalue weighted by atomic mass is 9.43. The lowest BCUT2D eigenvalue weighted by Gasteiger charge is -2.63. The lowest BCUT2D eigenvalue weighted by molar-refractivity contribution is -0.907. The average molecular weight is 643 g/mol. The van der Waals surface area contributed by atoms with Crippen LogP contribution in [0, 0.1) is 51.8 Å². The summed E-state index contributed by atoms with van der Waals surface area (Å²) in [4.78, 5) is 24.9. The van der Waals surface area contributed by atoms with Crippen LogP contribution in [0.2, 0.25) is 0 Å². The molecule has 11 atom stereocenters. The molecule has 0 radical (unpaired) electrons. The highest BCUT2D eigenvalue weighted by molar-refractivity contribution is 5.76. The maximum absolute atomic E-state index is 12.8. The Bertz CT molecular complexity index is 1000. The van der Waals surface area contributed by atoms with Gasteiger partial charge in [-0.1, -0.05) is 20.8 Å². The first-order valence-electron chi connectivity index (χ1n) is 17.2. The van der Waals surface area contributed by atoms with E-state index in [-0.39, 0.29) is 53.2 Å². The zero-order chi connectivity index (χ0) is 32.0. The number of nitrogens with one attached hydrogen (secondary N) is 1. The number of quaternary nitrogens is 1. The van der Waals surface area contributed by atoms with Gasteiger partial charge in [0.25, 0.3) is 0 Å². The van der Waals surface area contributed by atoms with Crippen molar-refractivity contribution >= 4 is 11.9 Å². The van der Waals surface area contributed by atoms with Gasteiger partial charge in [-0.25, -0.2) is 0 Å². The molecule has 0 bridgehead atoms. The van der Waals surface area contributed by atoms with E-state index in [0.29, 0.717) is 53.8 Å². The SMILES string of the molecule is C[C@H](CCC(=O)NCCC[N+](C)(C)COC(=O)C(C)(C)C)[C@H]1CCC2C3C(C[C@H](O)[C@@]21C)[C@@]1(C)CC[C@@H](O)CC1C[C@H]3O.[Cl-]. The fourth-order valence-electron chi connectivity index (χ4n) is 10.0. The molecule has 0 heterocycles. The van der Waals surface area contributed by atoms with Crippen LogP contribution in [-0.2, 0) is 14.3 Å². The lowest BCUT2D eigenvalue weighted by Crippen LogP contribution is -3.00. The Balaban J connectivity index is 0.00000529. The molecule has 4 aliphatic rings. The Morgan fingerprint density at radius 3 is 2.36 bits per heavy atom. The number of amides is 1. The second kappa shape index (κ2) is 14.0. The summed E-state index contributed by atoms with van der Waals surface area (Å²) in [6.07, 6.45) is 7.25. The van der Waals surface area contributed by atoms with E-state index in [1.165, 1.54) is 0 Å². The molecule has 0 aromatic carbocycles. The fourth-order valence-corrected chi connectivity index (χ4v) is 10.0. The number of ether oxygens (including phenoxy) is 1. The molecule has 44 heavy (non-hydrogen) atoms. The molecule has 0 aliphatic heterocycles. The van der Waals surface area contributed by atoms with Gasteiger partial charge in [0.1, 0.15) is 0 Å². The number of rotatable bonds is 10. The van der Waals surface area contributed by atoms with Gasteiger partial charge in [-0.3, -0.25) is 14.1 Å². The van der Waals surface area contributed by atoms with Crippen LogP contribution < -0.4 is 17.7 Å². The van der Waals surface area contributed by atoms with Gasteiger partial charge in [0.2, 0.25) is 12.6 Å². The Labute approximate surface area is 273 Å². The topological polar surface area (TPSA) is 116 Å². The molecule has 8 nitrogen and oxygen atoms in total. The van der Waals surface area contributed by atoms with Gasteiger partial charge >= 0.3 is 5.97 Å². The summed E-state index contributed by atoms with van der Waals surface area (Å²) in [6.45, 7) is 14.2. The number of aliphatic hydroxyl groups excluding tert-OH is 3. The number of fused-ring (bicyclic) bond motifs is 5. The first-order chi connectivity index (χ1) is 19.9. The Morgan fingerprint density at radius 2 is 1.70 bits per heavy atom. The summed E-state index contributed by atoms with van der Waals surface area (Å²) in [5, 5.41) is 36.7. The quantitative estimate of drug-likeness (QED) is 0.124. The monoisotopic (exact) mass is 642 g/mol. The maximum atomic E-state index is 12.8. The molecule has 4 aliphatic carbocycles. The number of carbonyl (C=O) groups is 2. The van der Waals surface area contributed by atoms with Crippen LogP contribution >= 0.6 is 0 Å². The number of esters is 1. The number of nitrogens with zero attached hydrogens (tertiary/aromatic N) is 1. The van der Waals surface area contributed by atoms with Gasteiger partial charge in [-0.05, 0) is 118 Å². The second-order valence-electron chi connectivity index (χ2n) is 17.2. The highest BCUT2D eigenvalue weighted by atomic mass is 35.5. The van der Waals surface area contributed by atoms with Crippen LogP contribution in [0.15, 0.2) is 0 Å². The Kier molecular flexibility index (Phi) is 12.0. The number of hydrogen-bond donors (Lipinski definition) is 4. The van der Waals surface area contributed by atoms with Crippen molar-refractivity contribution in [2.75, 3.05) is 33.9 Å². The van der Waals surface area contributed by atoms with Crippen LogP contribution in [0.3, 0.4) is 0 Å². The largest absolute Gasteiger partial charge is 1.00 e. The number of halogens is 1. The van der Waals surface area contributed by atoms with Gasteiger partial charge in [0, 0.05) is 19.4 Å². The molecular formula is C35H63ClN2O6. The summed E-state index contributed by atoms with van der Waals surface area (Å²) in [5.74, 6) is 1.66. The number of hydrogen-bond acceptors (Lipinski definition) is 6. The van der Waals surface area contributed by atoms with E-state index >= 15 is 0 Å². The summed E-state index contributed by atoms with van der Waals surface area (Å²) in [5.41, 5.74) is -0.674. The van der Waals surface area contributed by atoms with Gasteiger partial charge in [0.05, 0.1) is 44.4 Å². The van der Waals surface area contributed by atoms with Crippen molar-refractivity contribution in [3.63, 3.8) is 0 Å². The molecule has 4 unspecified atom stereocenters. The molecule has 4 N–H and O–H groups in total. The van der Waals surface area contributed by atoms with E-state index in [4.69, 9.17) is 4.74 Å². The molecule has 4 rings (SSSR count). The van der Waals surface area contributed by atoms with Crippen molar-refractivity contribution in [2.45, 2.75) is 124 Å². The van der Waals surface area contributed by atoms with Crippen molar-refractivity contribution < 1.29 is 46.5 Å². The van der Waals surface area contributed by atoms with Crippen molar-refractivity contribution in [2.24, 2.45) is 51.8 Å². The predicted octanol–water partition coefficient (Wildman–Crippen LogP) is 1.50. The normalized spacial score (nSPS) is 39.2. The summed E-state index contributed by atoms with van der Waals surface area (Å²) < 4.78 is 6.04. The molecule has 1 amide bonds. The van der Waals surface area contributed by atoms with Crippen LogP contribution in [0.4, 0.5) is 0 Å².